The number of halogens is 3. The van der Waals surface area contributed by atoms with Crippen molar-refractivity contribution in [2.75, 3.05) is 10.6 Å². The van der Waals surface area contributed by atoms with Crippen molar-refractivity contribution in [3.05, 3.63) is 95.9 Å². The van der Waals surface area contributed by atoms with Crippen LogP contribution in [0.2, 0.25) is 0 Å². The maximum atomic E-state index is 12.9. The number of amides is 2. The minimum atomic E-state index is -4.54. The standard InChI is InChI=1S/C23H15F3N4O3/c24-23(25,26)15-6-3-7-16(11-15)28-21(31)17-8-1-2-9-18(17)29-22(32)19-12-20(33-30-19)14-5-4-10-27-13-14/h1-13H,(H,28,31)(H,29,32). The fourth-order valence-corrected chi connectivity index (χ4v) is 2.97. The lowest BCUT2D eigenvalue weighted by atomic mass is 10.1. The maximum Gasteiger partial charge on any atom is 0.416 e. The first-order valence-electron chi connectivity index (χ1n) is 9.57. The highest BCUT2D eigenvalue weighted by molar-refractivity contribution is 6.12. The minimum absolute atomic E-state index is 0.0260. The second-order valence-electron chi connectivity index (χ2n) is 6.85. The summed E-state index contributed by atoms with van der Waals surface area (Å²) in [5.74, 6) is -0.988. The number of hydrogen-bond donors (Lipinski definition) is 2. The lowest BCUT2D eigenvalue weighted by Crippen LogP contribution is -2.18. The molecule has 0 spiro atoms. The number of nitrogens with zero attached hydrogens (tertiary/aromatic N) is 2. The molecule has 2 aromatic heterocycles. The third-order valence-corrected chi connectivity index (χ3v) is 4.56. The summed E-state index contributed by atoms with van der Waals surface area (Å²) in [6, 6.07) is 15.2. The predicted octanol–water partition coefficient (Wildman–Crippen LogP) is 5.26. The Kier molecular flexibility index (Phi) is 5.90. The number of pyridine rings is 1. The number of nitrogens with one attached hydrogen (secondary N) is 2. The zero-order chi connectivity index (χ0) is 23.4. The van der Waals surface area contributed by atoms with Crippen LogP contribution in [0.25, 0.3) is 11.3 Å². The van der Waals surface area contributed by atoms with Crippen LogP contribution in [0.4, 0.5) is 24.5 Å². The van der Waals surface area contributed by atoms with E-state index in [1.807, 2.05) is 0 Å². The summed E-state index contributed by atoms with van der Waals surface area (Å²) >= 11 is 0. The Morgan fingerprint density at radius 3 is 2.45 bits per heavy atom. The molecule has 2 aromatic carbocycles. The van der Waals surface area contributed by atoms with E-state index in [2.05, 4.69) is 20.8 Å². The summed E-state index contributed by atoms with van der Waals surface area (Å²) in [7, 11) is 0. The molecule has 0 saturated carbocycles. The third kappa shape index (κ3) is 5.06. The molecule has 4 aromatic rings. The van der Waals surface area contributed by atoms with E-state index in [0.717, 1.165) is 12.1 Å². The van der Waals surface area contributed by atoms with Gasteiger partial charge in [0.2, 0.25) is 0 Å². The molecule has 7 nitrogen and oxygen atoms in total. The van der Waals surface area contributed by atoms with Gasteiger partial charge < -0.3 is 15.2 Å². The third-order valence-electron chi connectivity index (χ3n) is 4.56. The van der Waals surface area contributed by atoms with Gasteiger partial charge in [0.1, 0.15) is 0 Å². The van der Waals surface area contributed by atoms with Crippen LogP contribution in [-0.4, -0.2) is 22.0 Å². The molecule has 10 heteroatoms. The summed E-state index contributed by atoms with van der Waals surface area (Å²) in [4.78, 5) is 29.3. The molecule has 2 N–H and O–H groups in total. The van der Waals surface area contributed by atoms with Crippen molar-refractivity contribution in [3.8, 4) is 11.3 Å². The number of para-hydroxylation sites is 1. The van der Waals surface area contributed by atoms with Crippen molar-refractivity contribution in [3.63, 3.8) is 0 Å². The van der Waals surface area contributed by atoms with E-state index < -0.39 is 23.6 Å². The zero-order valence-electron chi connectivity index (χ0n) is 16.8. The highest BCUT2D eigenvalue weighted by Gasteiger charge is 2.30. The van der Waals surface area contributed by atoms with E-state index in [0.29, 0.717) is 11.3 Å². The molecule has 0 unspecified atom stereocenters. The van der Waals surface area contributed by atoms with Crippen molar-refractivity contribution in [2.45, 2.75) is 6.18 Å². The Bertz CT molecular complexity index is 1300. The average Bonchev–Trinajstić information content (AvgIpc) is 3.30. The smallest absolute Gasteiger partial charge is 0.355 e. The molecule has 0 atom stereocenters. The number of carbonyl (C=O) groups excluding carboxylic acids is 2. The van der Waals surface area contributed by atoms with Gasteiger partial charge in [-0.15, -0.1) is 0 Å². The van der Waals surface area contributed by atoms with Crippen LogP contribution < -0.4 is 10.6 Å². The summed E-state index contributed by atoms with van der Waals surface area (Å²) < 4.78 is 44.0. The van der Waals surface area contributed by atoms with Crippen LogP contribution in [-0.2, 0) is 6.18 Å². The zero-order valence-corrected chi connectivity index (χ0v) is 16.8. The molecule has 0 aliphatic heterocycles. The number of rotatable bonds is 5. The molecule has 0 saturated heterocycles. The van der Waals surface area contributed by atoms with Crippen molar-refractivity contribution in [2.24, 2.45) is 0 Å². The monoisotopic (exact) mass is 452 g/mol. The largest absolute Gasteiger partial charge is 0.416 e. The first kappa shape index (κ1) is 21.8. The molecule has 4 rings (SSSR count). The molecule has 2 amide bonds. The van der Waals surface area contributed by atoms with Gasteiger partial charge in [0.25, 0.3) is 11.8 Å². The summed E-state index contributed by atoms with van der Waals surface area (Å²) in [6.45, 7) is 0. The Morgan fingerprint density at radius 2 is 1.70 bits per heavy atom. The number of hydrogen-bond acceptors (Lipinski definition) is 5. The summed E-state index contributed by atoms with van der Waals surface area (Å²) in [5.41, 5.74) is -0.116. The predicted molar refractivity (Wildman–Crippen MR) is 114 cm³/mol. The minimum Gasteiger partial charge on any atom is -0.355 e. The number of benzene rings is 2. The average molecular weight is 452 g/mol. The Balaban J connectivity index is 1.52. The van der Waals surface area contributed by atoms with Crippen LogP contribution in [0.5, 0.6) is 0 Å². The molecule has 0 aliphatic rings. The van der Waals surface area contributed by atoms with Gasteiger partial charge >= 0.3 is 6.18 Å². The molecule has 2 heterocycles. The second kappa shape index (κ2) is 8.95. The van der Waals surface area contributed by atoms with Gasteiger partial charge in [0, 0.05) is 29.7 Å². The molecular weight excluding hydrogens is 437 g/mol. The lowest BCUT2D eigenvalue weighted by molar-refractivity contribution is -0.137. The maximum absolute atomic E-state index is 12.9. The summed E-state index contributed by atoms with van der Waals surface area (Å²) in [5, 5.41) is 8.74. The molecular formula is C23H15F3N4O3. The molecule has 0 fully saturated rings. The molecule has 166 valence electrons. The van der Waals surface area contributed by atoms with E-state index in [-0.39, 0.29) is 22.6 Å². The van der Waals surface area contributed by atoms with E-state index in [1.54, 1.807) is 36.7 Å². The second-order valence-corrected chi connectivity index (χ2v) is 6.85. The van der Waals surface area contributed by atoms with E-state index in [4.69, 9.17) is 4.52 Å². The van der Waals surface area contributed by atoms with Gasteiger partial charge in [-0.3, -0.25) is 14.6 Å². The van der Waals surface area contributed by atoms with Gasteiger partial charge in [-0.25, -0.2) is 0 Å². The van der Waals surface area contributed by atoms with Crippen LogP contribution in [0, 0.1) is 0 Å². The van der Waals surface area contributed by atoms with Crippen LogP contribution in [0.3, 0.4) is 0 Å². The quantitative estimate of drug-likeness (QED) is 0.431. The van der Waals surface area contributed by atoms with Gasteiger partial charge in [-0.2, -0.15) is 13.2 Å². The normalized spacial score (nSPS) is 11.1. The van der Waals surface area contributed by atoms with Crippen molar-refractivity contribution >= 4 is 23.2 Å². The molecule has 0 aliphatic carbocycles. The summed E-state index contributed by atoms with van der Waals surface area (Å²) in [6.07, 6.45) is -1.40. The van der Waals surface area contributed by atoms with E-state index >= 15 is 0 Å². The van der Waals surface area contributed by atoms with Gasteiger partial charge in [-0.05, 0) is 42.5 Å². The molecule has 33 heavy (non-hydrogen) atoms. The Hall–Kier alpha value is -4.47. The van der Waals surface area contributed by atoms with E-state index in [1.165, 1.54) is 30.3 Å². The van der Waals surface area contributed by atoms with Crippen molar-refractivity contribution in [1.82, 2.24) is 10.1 Å². The van der Waals surface area contributed by atoms with Gasteiger partial charge in [0.05, 0.1) is 16.8 Å². The number of carbonyl (C=O) groups is 2. The number of aromatic nitrogens is 2. The Labute approximate surface area is 185 Å². The first-order valence-corrected chi connectivity index (χ1v) is 9.57. The fraction of sp³-hybridized carbons (Fsp3) is 0.0435. The Morgan fingerprint density at radius 1 is 0.879 bits per heavy atom. The van der Waals surface area contributed by atoms with Crippen molar-refractivity contribution < 1.29 is 27.3 Å². The fourth-order valence-electron chi connectivity index (χ4n) is 2.97. The number of anilines is 2. The topological polar surface area (TPSA) is 97.1 Å². The molecule has 0 bridgehead atoms. The van der Waals surface area contributed by atoms with E-state index in [9.17, 15) is 22.8 Å². The SMILES string of the molecule is O=C(Nc1ccccc1C(=O)Nc1cccc(C(F)(F)F)c1)c1cc(-c2cccnc2)on1. The van der Waals surface area contributed by atoms with Crippen LogP contribution in [0.15, 0.2) is 83.6 Å². The van der Waals surface area contributed by atoms with Crippen LogP contribution >= 0.6 is 0 Å². The highest BCUT2D eigenvalue weighted by Crippen LogP contribution is 2.31. The number of alkyl halides is 3. The van der Waals surface area contributed by atoms with Gasteiger partial charge in [0.15, 0.2) is 11.5 Å². The van der Waals surface area contributed by atoms with Crippen molar-refractivity contribution in [1.29, 1.82) is 0 Å². The molecule has 0 radical (unpaired) electrons. The lowest BCUT2D eigenvalue weighted by Gasteiger charge is -2.12. The first-order chi connectivity index (χ1) is 15.8. The highest BCUT2D eigenvalue weighted by atomic mass is 19.4. The van der Waals surface area contributed by atoms with Crippen LogP contribution in [0.1, 0.15) is 26.4 Å². The van der Waals surface area contributed by atoms with Gasteiger partial charge in [-0.1, -0.05) is 23.4 Å².